The number of carbonyl (C=O) groups excluding carboxylic acids is 2. The number of aryl methyl sites for hydroxylation is 1. The molecule has 56 heavy (non-hydrogen) atoms. The second-order valence-corrected chi connectivity index (χ2v) is 20.4. The minimum Gasteiger partial charge on any atom is -0.497 e. The van der Waals surface area contributed by atoms with E-state index in [0.29, 0.717) is 43.9 Å². The highest BCUT2D eigenvalue weighted by Crippen LogP contribution is 2.60. The van der Waals surface area contributed by atoms with Crippen molar-refractivity contribution in [3.8, 4) is 11.5 Å². The lowest BCUT2D eigenvalue weighted by molar-refractivity contribution is -0.146. The number of carbonyl (C=O) groups is 2. The maximum Gasteiger partial charge on any atom is 0.264 e. The zero-order valence-corrected chi connectivity index (χ0v) is 33.6. The van der Waals surface area contributed by atoms with E-state index in [2.05, 4.69) is 42.5 Å². The first-order valence-corrected chi connectivity index (χ1v) is 22.4. The molecule has 1 aromatic heterocycles. The van der Waals surface area contributed by atoms with Gasteiger partial charge in [0.1, 0.15) is 11.5 Å². The van der Waals surface area contributed by atoms with Gasteiger partial charge in [0.05, 0.1) is 58.8 Å². The van der Waals surface area contributed by atoms with Crippen molar-refractivity contribution < 1.29 is 28.9 Å². The van der Waals surface area contributed by atoms with Gasteiger partial charge in [-0.25, -0.2) is 0 Å². The van der Waals surface area contributed by atoms with Crippen molar-refractivity contribution in [3.63, 3.8) is 0 Å². The Kier molecular flexibility index (Phi) is 10.1. The molecule has 5 atom stereocenters. The molecule has 4 heterocycles. The van der Waals surface area contributed by atoms with E-state index in [1.54, 1.807) is 19.1 Å². The topological polar surface area (TPSA) is 119 Å². The van der Waals surface area contributed by atoms with Gasteiger partial charge < -0.3 is 29.1 Å². The number of amides is 2. The molecule has 0 radical (unpaired) electrons. The SMILES string of the molecule is COc1ccc([Si](C)(C)[C@@H]2[C@@H](CCn3cc(C(CO)c4ccccc4)nn3)O[C@]3(C(=O)N(Cc4cccc(N5CCC5=O)c4)c4ccc(OC)cc43)[C@H]2C)cc1. The first-order chi connectivity index (χ1) is 27.1. The van der Waals surface area contributed by atoms with Crippen LogP contribution in [0.3, 0.4) is 0 Å². The first-order valence-electron chi connectivity index (χ1n) is 19.4. The smallest absolute Gasteiger partial charge is 0.264 e. The van der Waals surface area contributed by atoms with E-state index in [-0.39, 0.29) is 41.9 Å². The molecule has 2 amide bonds. The summed E-state index contributed by atoms with van der Waals surface area (Å²) in [5.74, 6) is 0.980. The number of ether oxygens (including phenoxy) is 3. The molecule has 0 aliphatic carbocycles. The number of nitrogens with zero attached hydrogens (tertiary/aromatic N) is 5. The van der Waals surface area contributed by atoms with Gasteiger partial charge >= 0.3 is 0 Å². The first kappa shape index (κ1) is 37.6. The van der Waals surface area contributed by atoms with Crippen LogP contribution in [0.15, 0.2) is 103 Å². The summed E-state index contributed by atoms with van der Waals surface area (Å²) in [6.45, 7) is 8.39. The van der Waals surface area contributed by atoms with Gasteiger partial charge in [-0.05, 0) is 65.6 Å². The molecule has 11 nitrogen and oxygen atoms in total. The number of fused-ring (bicyclic) bond motifs is 2. The third-order valence-electron chi connectivity index (χ3n) is 12.4. The molecule has 2 saturated heterocycles. The van der Waals surface area contributed by atoms with Gasteiger partial charge in [0.25, 0.3) is 5.91 Å². The molecule has 4 aromatic carbocycles. The fraction of sp³-hybridized carbons (Fsp3) is 0.364. The van der Waals surface area contributed by atoms with Crippen LogP contribution in [-0.4, -0.2) is 73.5 Å². The summed E-state index contributed by atoms with van der Waals surface area (Å²) in [6.07, 6.45) is 2.76. The highest BCUT2D eigenvalue weighted by Gasteiger charge is 2.66. The van der Waals surface area contributed by atoms with Crippen molar-refractivity contribution in [1.29, 1.82) is 0 Å². The lowest BCUT2D eigenvalue weighted by atomic mass is 9.82. The largest absolute Gasteiger partial charge is 0.497 e. The molecule has 12 heteroatoms. The van der Waals surface area contributed by atoms with E-state index < -0.39 is 13.7 Å². The lowest BCUT2D eigenvalue weighted by Gasteiger charge is -2.37. The van der Waals surface area contributed by atoms with Crippen molar-refractivity contribution in [3.05, 3.63) is 126 Å². The number of anilines is 2. The molecule has 1 spiro atoms. The standard InChI is InChI=1S/C44H49N5O6Si/c1-29-42(56(4,5)35-17-14-33(53-2)15-18-35)40(20-22-47-27-38(45-46-47)36(28-50)31-11-7-6-8-12-31)55-44(29)37-25-34(54-3)16-19-39(37)49(43(44)52)26-30-10-9-13-32(24-30)48-23-21-41(48)51/h6-19,24-25,27,29,36,40,42,50H,20-23,26,28H2,1-5H3/t29-,36?,40+,42-,44+/m0/s1. The summed E-state index contributed by atoms with van der Waals surface area (Å²) in [6, 6.07) is 31.9. The normalized spacial score (nSPS) is 22.4. The van der Waals surface area contributed by atoms with Crippen molar-refractivity contribution in [2.24, 2.45) is 5.92 Å². The summed E-state index contributed by atoms with van der Waals surface area (Å²) < 4.78 is 20.5. The summed E-state index contributed by atoms with van der Waals surface area (Å²) in [5.41, 5.74) is 3.83. The van der Waals surface area contributed by atoms with Gasteiger partial charge in [0.15, 0.2) is 5.60 Å². The second kappa shape index (κ2) is 15.0. The summed E-state index contributed by atoms with van der Waals surface area (Å²) in [7, 11) is 0.919. The highest BCUT2D eigenvalue weighted by molar-refractivity contribution is 6.91. The number of β-lactam (4-membered cyclic amide) rings is 1. The average molecular weight is 772 g/mol. The molecule has 2 fully saturated rings. The van der Waals surface area contributed by atoms with Crippen molar-refractivity contribution >= 4 is 36.4 Å². The molecule has 3 aliphatic heterocycles. The number of hydrogen-bond acceptors (Lipinski definition) is 8. The van der Waals surface area contributed by atoms with E-state index in [4.69, 9.17) is 14.2 Å². The van der Waals surface area contributed by atoms with Crippen molar-refractivity contribution in [1.82, 2.24) is 15.0 Å². The minimum absolute atomic E-state index is 0.0251. The summed E-state index contributed by atoms with van der Waals surface area (Å²) in [5, 5.41) is 20.5. The second-order valence-electron chi connectivity index (χ2n) is 15.7. The zero-order chi connectivity index (χ0) is 39.2. The van der Waals surface area contributed by atoms with Crippen LogP contribution in [0.2, 0.25) is 18.6 Å². The fourth-order valence-corrected chi connectivity index (χ4v) is 13.4. The quantitative estimate of drug-likeness (QED) is 0.114. The van der Waals surface area contributed by atoms with Gasteiger partial charge in [0.2, 0.25) is 5.91 Å². The molecular formula is C44H49N5O6Si. The van der Waals surface area contributed by atoms with Crippen LogP contribution in [0.1, 0.15) is 48.1 Å². The van der Waals surface area contributed by atoms with Crippen molar-refractivity contribution in [2.45, 2.75) is 69.1 Å². The Morgan fingerprint density at radius 3 is 2.38 bits per heavy atom. The number of aliphatic hydroxyl groups is 1. The van der Waals surface area contributed by atoms with E-state index in [0.717, 1.165) is 33.8 Å². The maximum atomic E-state index is 15.3. The number of methoxy groups -OCH3 is 2. The van der Waals surface area contributed by atoms with Crippen LogP contribution >= 0.6 is 0 Å². The molecule has 8 rings (SSSR count). The van der Waals surface area contributed by atoms with E-state index in [9.17, 15) is 9.90 Å². The van der Waals surface area contributed by atoms with Gasteiger partial charge in [-0.2, -0.15) is 0 Å². The Balaban J connectivity index is 1.16. The molecule has 0 bridgehead atoms. The van der Waals surface area contributed by atoms with Crippen LogP contribution in [0.4, 0.5) is 11.4 Å². The monoisotopic (exact) mass is 771 g/mol. The molecule has 0 saturated carbocycles. The van der Waals surface area contributed by atoms with Gasteiger partial charge in [-0.3, -0.25) is 14.3 Å². The summed E-state index contributed by atoms with van der Waals surface area (Å²) in [4.78, 5) is 31.3. The molecule has 290 valence electrons. The van der Waals surface area contributed by atoms with Crippen molar-refractivity contribution in [2.75, 3.05) is 37.2 Å². The van der Waals surface area contributed by atoms with Crippen LogP contribution in [0, 0.1) is 5.92 Å². The molecule has 3 aliphatic rings. The van der Waals surface area contributed by atoms with Gasteiger partial charge in [-0.1, -0.05) is 85.0 Å². The third-order valence-corrected chi connectivity index (χ3v) is 16.8. The number of rotatable bonds is 13. The van der Waals surface area contributed by atoms with Crippen LogP contribution < -0.4 is 24.5 Å². The zero-order valence-electron chi connectivity index (χ0n) is 32.6. The molecule has 1 N–H and O–H groups in total. The van der Waals surface area contributed by atoms with E-state index in [1.807, 2.05) is 101 Å². The van der Waals surface area contributed by atoms with Gasteiger partial charge in [-0.15, -0.1) is 5.10 Å². The highest BCUT2D eigenvalue weighted by atomic mass is 28.3. The Hall–Kier alpha value is -5.30. The number of benzene rings is 4. The fourth-order valence-electron chi connectivity index (χ4n) is 9.34. The predicted octanol–water partition coefficient (Wildman–Crippen LogP) is 6.01. The predicted molar refractivity (Wildman–Crippen MR) is 217 cm³/mol. The Bertz CT molecular complexity index is 2230. The molecular weight excluding hydrogens is 723 g/mol. The number of hydrogen-bond donors (Lipinski definition) is 1. The Morgan fingerprint density at radius 2 is 1.70 bits per heavy atom. The third kappa shape index (κ3) is 6.39. The average Bonchev–Trinajstić information content (AvgIpc) is 3.87. The molecule has 5 aromatic rings. The number of aliphatic hydroxyl groups excluding tert-OH is 1. The molecule has 1 unspecified atom stereocenters. The van der Waals surface area contributed by atoms with E-state index >= 15 is 4.79 Å². The van der Waals surface area contributed by atoms with E-state index in [1.165, 1.54) is 5.19 Å². The lowest BCUT2D eigenvalue weighted by Crippen LogP contribution is -2.51. The minimum atomic E-state index is -2.39. The van der Waals surface area contributed by atoms with Gasteiger partial charge in [0, 0.05) is 42.9 Å². The Labute approximate surface area is 328 Å². The number of aromatic nitrogens is 3. The summed E-state index contributed by atoms with van der Waals surface area (Å²) >= 11 is 0. The maximum absolute atomic E-state index is 15.3. The van der Waals surface area contributed by atoms with Crippen LogP contribution in [-0.2, 0) is 33.0 Å². The Morgan fingerprint density at radius 1 is 0.946 bits per heavy atom. The van der Waals surface area contributed by atoms with Crippen LogP contribution in [0.5, 0.6) is 11.5 Å². The van der Waals surface area contributed by atoms with Crippen LogP contribution in [0.25, 0.3) is 0 Å².